The van der Waals surface area contributed by atoms with Crippen molar-refractivity contribution in [3.63, 3.8) is 0 Å². The van der Waals surface area contributed by atoms with Crippen LogP contribution in [0.2, 0.25) is 0 Å². The second-order valence-corrected chi connectivity index (χ2v) is 5.79. The van der Waals surface area contributed by atoms with Gasteiger partial charge in [0, 0.05) is 0 Å². The van der Waals surface area contributed by atoms with Gasteiger partial charge in [-0.1, -0.05) is 20.8 Å². The van der Waals surface area contributed by atoms with Crippen molar-refractivity contribution < 1.29 is 24.2 Å². The molecule has 1 N–H and O–H groups in total. The normalized spacial score (nSPS) is 35.3. The molecule has 4 rings (SSSR count). The molecule has 2 bridgehead atoms. The van der Waals surface area contributed by atoms with Gasteiger partial charge in [-0.15, -0.1) is 0 Å². The monoisotopic (exact) mass is 309 g/mol. The Morgan fingerprint density at radius 3 is 2.23 bits per heavy atom. The van der Waals surface area contributed by atoms with E-state index in [2.05, 4.69) is 25.7 Å². The van der Waals surface area contributed by atoms with Gasteiger partial charge in [0.15, 0.2) is 5.60 Å². The van der Waals surface area contributed by atoms with Crippen molar-refractivity contribution in [1.82, 2.24) is 4.90 Å². The molecule has 22 heavy (non-hydrogen) atoms. The molecule has 2 heterocycles. The van der Waals surface area contributed by atoms with Crippen molar-refractivity contribution in [2.75, 3.05) is 19.6 Å². The quantitative estimate of drug-likeness (QED) is 0.460. The number of esters is 1. The van der Waals surface area contributed by atoms with Crippen molar-refractivity contribution in [2.24, 2.45) is 11.8 Å². The fourth-order valence-corrected chi connectivity index (χ4v) is 3.34. The lowest BCUT2D eigenvalue weighted by Crippen LogP contribution is -2.60. The maximum Gasteiger partial charge on any atom is 0.343 e. The van der Waals surface area contributed by atoms with Gasteiger partial charge in [0.25, 0.3) is 0 Å². The van der Waals surface area contributed by atoms with E-state index in [0.717, 1.165) is 0 Å². The molecule has 6 heteroatoms. The van der Waals surface area contributed by atoms with Gasteiger partial charge in [-0.25, -0.2) is 4.79 Å². The zero-order valence-corrected chi connectivity index (χ0v) is 13.2. The van der Waals surface area contributed by atoms with E-state index in [4.69, 9.17) is 4.74 Å². The Morgan fingerprint density at radius 2 is 1.77 bits per heavy atom. The first-order chi connectivity index (χ1) is 10.4. The number of carbonyl (C=O) groups excluding carboxylic acids is 3. The Hall–Kier alpha value is -1.53. The molecular formula is C16H23NO5. The SMILES string of the molecule is CCN(CC)CC.O=C1CC(=O)[C@H]2[C@@H]1[C@@H]1C=C[C@@]2(O)C(=O)O1. The zero-order chi connectivity index (χ0) is 16.5. The molecular weight excluding hydrogens is 286 g/mol. The van der Waals surface area contributed by atoms with Crippen LogP contribution in [-0.2, 0) is 19.1 Å². The number of hydrogen-bond acceptors (Lipinski definition) is 6. The van der Waals surface area contributed by atoms with Crippen LogP contribution in [0, 0.1) is 11.8 Å². The Bertz CT molecular complexity index is 505. The number of ether oxygens (including phenoxy) is 1. The van der Waals surface area contributed by atoms with E-state index in [0.29, 0.717) is 0 Å². The molecule has 4 aliphatic rings. The van der Waals surface area contributed by atoms with Gasteiger partial charge < -0.3 is 14.7 Å². The molecule has 0 aromatic heterocycles. The average Bonchev–Trinajstić information content (AvgIpc) is 2.81. The van der Waals surface area contributed by atoms with Crippen LogP contribution in [0.15, 0.2) is 12.2 Å². The van der Waals surface area contributed by atoms with E-state index in [1.54, 1.807) is 0 Å². The highest BCUT2D eigenvalue weighted by Gasteiger charge is 2.64. The highest BCUT2D eigenvalue weighted by Crippen LogP contribution is 2.46. The molecule has 0 aromatic carbocycles. The van der Waals surface area contributed by atoms with Crippen molar-refractivity contribution in [3.8, 4) is 0 Å². The summed E-state index contributed by atoms with van der Waals surface area (Å²) in [4.78, 5) is 36.8. The third kappa shape index (κ3) is 2.61. The Kier molecular flexibility index (Phi) is 4.82. The molecule has 0 spiro atoms. The molecule has 122 valence electrons. The summed E-state index contributed by atoms with van der Waals surface area (Å²) in [6.45, 7) is 10.1. The minimum atomic E-state index is -1.91. The third-order valence-corrected chi connectivity index (χ3v) is 4.71. The molecule has 2 fully saturated rings. The summed E-state index contributed by atoms with van der Waals surface area (Å²) in [6, 6.07) is 0. The van der Waals surface area contributed by atoms with Crippen molar-refractivity contribution in [1.29, 1.82) is 0 Å². The topological polar surface area (TPSA) is 83.9 Å². The largest absolute Gasteiger partial charge is 0.455 e. The summed E-state index contributed by atoms with van der Waals surface area (Å²) in [5.74, 6) is -3.03. The van der Waals surface area contributed by atoms with Gasteiger partial charge in [-0.3, -0.25) is 9.59 Å². The van der Waals surface area contributed by atoms with Crippen LogP contribution >= 0.6 is 0 Å². The lowest BCUT2D eigenvalue weighted by Gasteiger charge is -2.43. The highest BCUT2D eigenvalue weighted by atomic mass is 16.6. The van der Waals surface area contributed by atoms with Crippen LogP contribution < -0.4 is 0 Å². The molecule has 0 aromatic rings. The molecule has 6 nitrogen and oxygen atoms in total. The lowest BCUT2D eigenvalue weighted by molar-refractivity contribution is -0.192. The van der Waals surface area contributed by atoms with E-state index in [9.17, 15) is 19.5 Å². The van der Waals surface area contributed by atoms with E-state index >= 15 is 0 Å². The number of ketones is 2. The van der Waals surface area contributed by atoms with E-state index < -0.39 is 29.5 Å². The second kappa shape index (κ2) is 6.30. The predicted molar refractivity (Wildman–Crippen MR) is 79.0 cm³/mol. The molecule has 1 saturated heterocycles. The lowest BCUT2D eigenvalue weighted by atomic mass is 9.70. The number of Topliss-reactive ketones (excluding diaryl/α,β-unsaturated/α-hetero) is 2. The minimum Gasteiger partial charge on any atom is -0.455 e. The van der Waals surface area contributed by atoms with Crippen LogP contribution in [-0.4, -0.2) is 58.9 Å². The summed E-state index contributed by atoms with van der Waals surface area (Å²) in [5, 5.41) is 10.0. The first-order valence-electron chi connectivity index (χ1n) is 7.79. The molecule has 2 aliphatic carbocycles. The van der Waals surface area contributed by atoms with Crippen molar-refractivity contribution >= 4 is 17.5 Å². The Balaban J connectivity index is 0.000000217. The number of aliphatic hydroxyl groups is 1. The van der Waals surface area contributed by atoms with Crippen LogP contribution in [0.1, 0.15) is 27.2 Å². The van der Waals surface area contributed by atoms with Crippen molar-refractivity contribution in [2.45, 2.75) is 38.9 Å². The summed E-state index contributed by atoms with van der Waals surface area (Å²) in [6.07, 6.45) is 1.89. The van der Waals surface area contributed by atoms with Gasteiger partial charge in [0.2, 0.25) is 0 Å². The molecule has 2 aliphatic heterocycles. The maximum atomic E-state index is 11.5. The van der Waals surface area contributed by atoms with Gasteiger partial charge in [0.05, 0.1) is 18.3 Å². The van der Waals surface area contributed by atoms with E-state index in [-0.39, 0.29) is 18.0 Å². The number of hydrogen-bond donors (Lipinski definition) is 1. The Morgan fingerprint density at radius 1 is 1.18 bits per heavy atom. The summed E-state index contributed by atoms with van der Waals surface area (Å²) < 4.78 is 4.87. The van der Waals surface area contributed by atoms with Crippen LogP contribution in [0.4, 0.5) is 0 Å². The van der Waals surface area contributed by atoms with Crippen LogP contribution in [0.5, 0.6) is 0 Å². The summed E-state index contributed by atoms with van der Waals surface area (Å²) in [5.41, 5.74) is -1.91. The standard InChI is InChI=1S/C10H8O5.C6H15N/c11-4-3-5(12)8-7(4)6-1-2-10(8,14)9(13)15-6;1-4-7(5-2)6-3/h1-2,6-8,14H,3H2;4-6H2,1-3H3/t6-,7-,8-,10-;/m0./s1. The Labute approximate surface area is 130 Å². The molecule has 4 atom stereocenters. The van der Waals surface area contributed by atoms with Gasteiger partial charge in [0.1, 0.15) is 17.7 Å². The molecule has 0 unspecified atom stereocenters. The molecule has 0 amide bonds. The number of rotatable bonds is 3. The number of carbonyl (C=O) groups is 3. The maximum absolute atomic E-state index is 11.5. The first kappa shape index (κ1) is 16.8. The van der Waals surface area contributed by atoms with Gasteiger partial charge in [-0.2, -0.15) is 0 Å². The molecule has 0 radical (unpaired) electrons. The minimum absolute atomic E-state index is 0.202. The van der Waals surface area contributed by atoms with Gasteiger partial charge >= 0.3 is 5.97 Å². The zero-order valence-electron chi connectivity index (χ0n) is 13.2. The average molecular weight is 309 g/mol. The fourth-order valence-electron chi connectivity index (χ4n) is 3.34. The first-order valence-corrected chi connectivity index (χ1v) is 7.79. The van der Waals surface area contributed by atoms with E-state index in [1.807, 2.05) is 0 Å². The smallest absolute Gasteiger partial charge is 0.343 e. The fraction of sp³-hybridized carbons (Fsp3) is 0.688. The van der Waals surface area contributed by atoms with Gasteiger partial charge in [-0.05, 0) is 31.8 Å². The van der Waals surface area contributed by atoms with Crippen molar-refractivity contribution in [3.05, 3.63) is 12.2 Å². The summed E-state index contributed by atoms with van der Waals surface area (Å²) >= 11 is 0. The van der Waals surface area contributed by atoms with Crippen LogP contribution in [0.25, 0.3) is 0 Å². The second-order valence-electron chi connectivity index (χ2n) is 5.79. The van der Waals surface area contributed by atoms with E-state index in [1.165, 1.54) is 31.8 Å². The number of fused-ring (bicyclic) bond motifs is 1. The predicted octanol–water partition coefficient (Wildman–Crippen LogP) is 0.335. The van der Waals surface area contributed by atoms with Crippen LogP contribution in [0.3, 0.4) is 0 Å². The summed E-state index contributed by atoms with van der Waals surface area (Å²) in [7, 11) is 0. The number of nitrogens with zero attached hydrogens (tertiary/aromatic N) is 1. The molecule has 1 saturated carbocycles. The third-order valence-electron chi connectivity index (χ3n) is 4.71. The highest BCUT2D eigenvalue weighted by molar-refractivity contribution is 6.13.